The minimum Gasteiger partial charge on any atom is -0.368 e. The van der Waals surface area contributed by atoms with Gasteiger partial charge in [0, 0.05) is 43.7 Å². The molecule has 3 rings (SSSR count). The van der Waals surface area contributed by atoms with Crippen LogP contribution in [0.1, 0.15) is 17.5 Å². The van der Waals surface area contributed by atoms with Gasteiger partial charge in [-0.1, -0.05) is 47.5 Å². The first-order chi connectivity index (χ1) is 15.3. The number of nitrogens with one attached hydrogen (secondary N) is 2. The molecule has 0 saturated carbocycles. The minimum absolute atomic E-state index is 0.0151. The SMILES string of the molecule is CN(CCc1ccc(C2=NCCN2)cc1)C(=O)CCNCS(=O)(=O)c1ccc(Cl)cc1Cl. The third-order valence-corrected chi connectivity index (χ3v) is 7.37. The lowest BCUT2D eigenvalue weighted by Gasteiger charge is -2.17. The molecular formula is C22H26Cl2N4O3S. The topological polar surface area (TPSA) is 90.9 Å². The first-order valence-electron chi connectivity index (χ1n) is 10.3. The fourth-order valence-corrected chi connectivity index (χ4v) is 5.20. The molecule has 0 atom stereocenters. The summed E-state index contributed by atoms with van der Waals surface area (Å²) in [6.45, 7) is 2.51. The maximum Gasteiger partial charge on any atom is 0.223 e. The van der Waals surface area contributed by atoms with Gasteiger partial charge in [0.25, 0.3) is 0 Å². The number of likely N-dealkylation sites (N-methyl/N-ethyl adjacent to an activating group) is 1. The minimum atomic E-state index is -3.62. The van der Waals surface area contributed by atoms with E-state index >= 15 is 0 Å². The van der Waals surface area contributed by atoms with Crippen LogP contribution in [0.15, 0.2) is 52.4 Å². The molecule has 2 aromatic carbocycles. The maximum absolute atomic E-state index is 12.4. The summed E-state index contributed by atoms with van der Waals surface area (Å²) in [4.78, 5) is 18.4. The van der Waals surface area contributed by atoms with E-state index in [0.29, 0.717) is 11.6 Å². The normalized spacial score (nSPS) is 13.5. The molecule has 0 spiro atoms. The average molecular weight is 497 g/mol. The zero-order valence-electron chi connectivity index (χ0n) is 17.8. The molecule has 0 aromatic heterocycles. The zero-order chi connectivity index (χ0) is 23.1. The van der Waals surface area contributed by atoms with Crippen molar-refractivity contribution in [2.75, 3.05) is 39.1 Å². The Morgan fingerprint density at radius 1 is 1.19 bits per heavy atom. The molecular weight excluding hydrogens is 471 g/mol. The van der Waals surface area contributed by atoms with Gasteiger partial charge >= 0.3 is 0 Å². The Morgan fingerprint density at radius 3 is 2.59 bits per heavy atom. The largest absolute Gasteiger partial charge is 0.368 e. The van der Waals surface area contributed by atoms with Crippen LogP contribution in [0.25, 0.3) is 0 Å². The van der Waals surface area contributed by atoms with Gasteiger partial charge in [-0.25, -0.2) is 8.42 Å². The van der Waals surface area contributed by atoms with Gasteiger partial charge in [-0.3, -0.25) is 9.79 Å². The highest BCUT2D eigenvalue weighted by Gasteiger charge is 2.18. The van der Waals surface area contributed by atoms with Gasteiger partial charge in [-0.05, 0) is 30.2 Å². The Labute approximate surface area is 198 Å². The van der Waals surface area contributed by atoms with Crippen LogP contribution < -0.4 is 10.6 Å². The second-order valence-electron chi connectivity index (χ2n) is 7.50. The van der Waals surface area contributed by atoms with Crippen LogP contribution in [-0.4, -0.2) is 64.2 Å². The number of halogens is 2. The van der Waals surface area contributed by atoms with Crippen LogP contribution in [0.2, 0.25) is 10.0 Å². The highest BCUT2D eigenvalue weighted by Crippen LogP contribution is 2.25. The summed E-state index contributed by atoms with van der Waals surface area (Å²) in [5.74, 6) is 0.565. The van der Waals surface area contributed by atoms with Crippen molar-refractivity contribution in [3.63, 3.8) is 0 Å². The van der Waals surface area contributed by atoms with Crippen LogP contribution >= 0.6 is 23.2 Å². The highest BCUT2D eigenvalue weighted by atomic mass is 35.5. The standard InChI is InChI=1S/C22H26Cl2N4O3S/c1-28(13-9-16-2-4-17(5-3-16)22-26-11-12-27-22)21(29)8-10-25-15-32(30,31)20-7-6-18(23)14-19(20)24/h2-7,14,25H,8-13,15H2,1H3,(H,26,27). The van der Waals surface area contributed by atoms with Crippen LogP contribution in [0.3, 0.4) is 0 Å². The summed E-state index contributed by atoms with van der Waals surface area (Å²) in [5.41, 5.74) is 2.20. The predicted octanol–water partition coefficient (Wildman–Crippen LogP) is 2.76. The smallest absolute Gasteiger partial charge is 0.223 e. The molecule has 0 bridgehead atoms. The van der Waals surface area contributed by atoms with Crippen molar-refractivity contribution in [2.24, 2.45) is 4.99 Å². The van der Waals surface area contributed by atoms with Gasteiger partial charge in [0.15, 0.2) is 9.84 Å². The second-order valence-corrected chi connectivity index (χ2v) is 10.3. The number of sulfone groups is 1. The van der Waals surface area contributed by atoms with Gasteiger partial charge in [-0.2, -0.15) is 0 Å². The Hall–Kier alpha value is -2.13. The lowest BCUT2D eigenvalue weighted by atomic mass is 10.1. The quantitative estimate of drug-likeness (QED) is 0.493. The number of hydrogen-bond acceptors (Lipinski definition) is 6. The van der Waals surface area contributed by atoms with E-state index in [0.717, 1.165) is 36.5 Å². The van der Waals surface area contributed by atoms with Crippen molar-refractivity contribution >= 4 is 44.8 Å². The van der Waals surface area contributed by atoms with Crippen molar-refractivity contribution in [1.82, 2.24) is 15.5 Å². The summed E-state index contributed by atoms with van der Waals surface area (Å²) in [7, 11) is -1.87. The zero-order valence-corrected chi connectivity index (χ0v) is 20.1. The number of amidine groups is 1. The van der Waals surface area contributed by atoms with Gasteiger partial charge in [0.1, 0.15) is 11.7 Å². The number of aliphatic imine (C=N–C) groups is 1. The summed E-state index contributed by atoms with van der Waals surface area (Å²) in [6, 6.07) is 12.4. The molecule has 32 heavy (non-hydrogen) atoms. The molecule has 1 amide bonds. The number of amides is 1. The third kappa shape index (κ3) is 6.68. The molecule has 0 fully saturated rings. The van der Waals surface area contributed by atoms with Crippen LogP contribution in [-0.2, 0) is 21.1 Å². The molecule has 0 saturated heterocycles. The number of carbonyl (C=O) groups excluding carboxylic acids is 1. The van der Waals surface area contributed by atoms with Crippen LogP contribution in [0, 0.1) is 0 Å². The Bertz CT molecular complexity index is 1090. The monoisotopic (exact) mass is 496 g/mol. The Balaban J connectivity index is 1.40. The van der Waals surface area contributed by atoms with Crippen molar-refractivity contribution in [3.05, 3.63) is 63.6 Å². The average Bonchev–Trinajstić information content (AvgIpc) is 3.30. The van der Waals surface area contributed by atoms with Crippen molar-refractivity contribution in [2.45, 2.75) is 17.7 Å². The molecule has 2 aromatic rings. The maximum atomic E-state index is 12.4. The molecule has 0 radical (unpaired) electrons. The van der Waals surface area contributed by atoms with Crippen molar-refractivity contribution < 1.29 is 13.2 Å². The van der Waals surface area contributed by atoms with E-state index in [1.807, 2.05) is 24.3 Å². The number of hydrogen-bond donors (Lipinski definition) is 2. The Morgan fingerprint density at radius 2 is 1.94 bits per heavy atom. The van der Waals surface area contributed by atoms with Gasteiger partial charge in [0.2, 0.25) is 5.91 Å². The lowest BCUT2D eigenvalue weighted by Crippen LogP contribution is -2.33. The first-order valence-corrected chi connectivity index (χ1v) is 12.7. The third-order valence-electron chi connectivity index (χ3n) is 5.10. The molecule has 1 aliphatic heterocycles. The summed E-state index contributed by atoms with van der Waals surface area (Å²) in [6.07, 6.45) is 0.935. The second kappa shape index (κ2) is 11.1. The van der Waals surface area contributed by atoms with Crippen molar-refractivity contribution in [1.29, 1.82) is 0 Å². The van der Waals surface area contributed by atoms with E-state index in [1.165, 1.54) is 18.2 Å². The fourth-order valence-electron chi connectivity index (χ4n) is 3.24. The Kier molecular flexibility index (Phi) is 8.53. The van der Waals surface area contributed by atoms with Gasteiger partial charge < -0.3 is 15.5 Å². The van der Waals surface area contributed by atoms with Crippen molar-refractivity contribution in [3.8, 4) is 0 Å². The number of carbonyl (C=O) groups is 1. The van der Waals surface area contributed by atoms with E-state index in [-0.39, 0.29) is 34.7 Å². The van der Waals surface area contributed by atoms with E-state index in [2.05, 4.69) is 15.6 Å². The van der Waals surface area contributed by atoms with Gasteiger partial charge in [0.05, 0.1) is 16.5 Å². The predicted molar refractivity (Wildman–Crippen MR) is 128 cm³/mol. The number of benzene rings is 2. The molecule has 0 unspecified atom stereocenters. The molecule has 7 nitrogen and oxygen atoms in total. The van der Waals surface area contributed by atoms with Crippen LogP contribution in [0.5, 0.6) is 0 Å². The fraction of sp³-hybridized carbons (Fsp3) is 0.364. The first kappa shape index (κ1) is 24.5. The molecule has 0 aliphatic carbocycles. The van der Waals surface area contributed by atoms with E-state index < -0.39 is 9.84 Å². The van der Waals surface area contributed by atoms with Gasteiger partial charge in [-0.15, -0.1) is 0 Å². The number of nitrogens with zero attached hydrogens (tertiary/aromatic N) is 2. The highest BCUT2D eigenvalue weighted by molar-refractivity contribution is 7.91. The van der Waals surface area contributed by atoms with E-state index in [1.54, 1.807) is 11.9 Å². The lowest BCUT2D eigenvalue weighted by molar-refractivity contribution is -0.129. The van der Waals surface area contributed by atoms with Crippen LogP contribution in [0.4, 0.5) is 0 Å². The molecule has 10 heteroatoms. The molecule has 1 heterocycles. The van der Waals surface area contributed by atoms with E-state index in [9.17, 15) is 13.2 Å². The summed E-state index contributed by atoms with van der Waals surface area (Å²) >= 11 is 11.8. The number of rotatable bonds is 10. The molecule has 1 aliphatic rings. The summed E-state index contributed by atoms with van der Waals surface area (Å²) < 4.78 is 24.8. The molecule has 2 N–H and O–H groups in total. The van der Waals surface area contributed by atoms with E-state index in [4.69, 9.17) is 23.2 Å². The molecule has 172 valence electrons. The summed E-state index contributed by atoms with van der Waals surface area (Å²) in [5, 5.41) is 6.51.